The molecule has 0 saturated heterocycles. The van der Waals surface area contributed by atoms with Crippen molar-refractivity contribution in [3.05, 3.63) is 108 Å². The van der Waals surface area contributed by atoms with Crippen molar-refractivity contribution >= 4 is 17.9 Å². The van der Waals surface area contributed by atoms with Crippen LogP contribution in [0.1, 0.15) is 27.2 Å². The van der Waals surface area contributed by atoms with Crippen LogP contribution in [-0.2, 0) is 11.3 Å². The van der Waals surface area contributed by atoms with Crippen LogP contribution in [-0.4, -0.2) is 26.6 Å². The third-order valence-corrected chi connectivity index (χ3v) is 4.86. The summed E-state index contributed by atoms with van der Waals surface area (Å²) in [6.07, 6.45) is 6.61. The minimum atomic E-state index is -0.449. The van der Waals surface area contributed by atoms with Crippen molar-refractivity contribution in [1.29, 1.82) is 0 Å². The van der Waals surface area contributed by atoms with E-state index in [0.29, 0.717) is 12.2 Å². The van der Waals surface area contributed by atoms with E-state index in [1.54, 1.807) is 24.4 Å². The lowest BCUT2D eigenvalue weighted by atomic mass is 10.1. The van der Waals surface area contributed by atoms with E-state index in [1.807, 2.05) is 72.4 Å². The van der Waals surface area contributed by atoms with E-state index in [9.17, 15) is 9.59 Å². The summed E-state index contributed by atoms with van der Waals surface area (Å²) in [5.74, 6) is -0.872. The molecule has 0 saturated carbocycles. The molecule has 2 aromatic carbocycles. The molecule has 32 heavy (non-hydrogen) atoms. The summed E-state index contributed by atoms with van der Waals surface area (Å²) in [6.45, 7) is 2.65. The lowest BCUT2D eigenvalue weighted by Gasteiger charge is -2.03. The highest BCUT2D eigenvalue weighted by atomic mass is 16.2. The van der Waals surface area contributed by atoms with Gasteiger partial charge in [0.15, 0.2) is 0 Å². The monoisotopic (exact) mass is 425 g/mol. The number of rotatable bonds is 6. The topological polar surface area (TPSA) is 91.8 Å². The zero-order valence-electron chi connectivity index (χ0n) is 17.6. The molecule has 0 bridgehead atoms. The molecule has 0 atom stereocenters. The highest BCUT2D eigenvalue weighted by Crippen LogP contribution is 2.24. The summed E-state index contributed by atoms with van der Waals surface area (Å²) in [5.41, 5.74) is 9.94. The molecule has 3 N–H and O–H groups in total. The molecule has 0 aliphatic heterocycles. The van der Waals surface area contributed by atoms with Gasteiger partial charge in [0, 0.05) is 29.6 Å². The summed E-state index contributed by atoms with van der Waals surface area (Å²) >= 11 is 0. The van der Waals surface area contributed by atoms with Crippen LogP contribution in [0.3, 0.4) is 0 Å². The average Bonchev–Trinajstić information content (AvgIpc) is 3.48. The molecule has 4 rings (SSSR count). The van der Waals surface area contributed by atoms with Gasteiger partial charge in [-0.05, 0) is 30.7 Å². The minimum absolute atomic E-state index is 0.359. The number of hydrogen-bond acceptors (Lipinski definition) is 3. The van der Waals surface area contributed by atoms with Crippen LogP contribution < -0.4 is 10.9 Å². The number of benzene rings is 2. The number of nitrogens with one attached hydrogen (secondary N) is 3. The SMILES string of the molecule is Cc1ccc(-c2nn(Cc3ccccc3)cc2C=CC(=O)NNC(=O)c2ccc[nH]2)cc1. The van der Waals surface area contributed by atoms with Crippen molar-refractivity contribution in [1.82, 2.24) is 25.6 Å². The maximum atomic E-state index is 12.2. The van der Waals surface area contributed by atoms with Crippen LogP contribution >= 0.6 is 0 Å². The summed E-state index contributed by atoms with van der Waals surface area (Å²) in [6, 6.07) is 21.5. The smallest absolute Gasteiger partial charge is 0.286 e. The largest absolute Gasteiger partial charge is 0.357 e. The summed E-state index contributed by atoms with van der Waals surface area (Å²) in [4.78, 5) is 26.9. The van der Waals surface area contributed by atoms with Crippen molar-refractivity contribution in [2.24, 2.45) is 0 Å². The molecule has 160 valence electrons. The first-order chi connectivity index (χ1) is 15.6. The van der Waals surface area contributed by atoms with Crippen molar-refractivity contribution in [3.63, 3.8) is 0 Å². The Morgan fingerprint density at radius 3 is 2.50 bits per heavy atom. The molecule has 4 aromatic rings. The van der Waals surface area contributed by atoms with Crippen LogP contribution in [0.4, 0.5) is 0 Å². The normalized spacial score (nSPS) is 10.9. The third-order valence-electron chi connectivity index (χ3n) is 4.86. The van der Waals surface area contributed by atoms with Crippen LogP contribution in [0, 0.1) is 6.92 Å². The first kappa shape index (κ1) is 20.9. The number of hydrazine groups is 1. The van der Waals surface area contributed by atoms with Crippen LogP contribution in [0.25, 0.3) is 17.3 Å². The number of aromatic amines is 1. The fourth-order valence-corrected chi connectivity index (χ4v) is 3.21. The van der Waals surface area contributed by atoms with E-state index in [-0.39, 0.29) is 0 Å². The van der Waals surface area contributed by atoms with Crippen LogP contribution in [0.15, 0.2) is 85.2 Å². The highest BCUT2D eigenvalue weighted by molar-refractivity contribution is 5.97. The molecule has 0 unspecified atom stereocenters. The van der Waals surface area contributed by atoms with E-state index in [4.69, 9.17) is 5.10 Å². The van der Waals surface area contributed by atoms with E-state index >= 15 is 0 Å². The Morgan fingerprint density at radius 2 is 1.78 bits per heavy atom. The van der Waals surface area contributed by atoms with Gasteiger partial charge >= 0.3 is 0 Å². The Kier molecular flexibility index (Phi) is 6.27. The van der Waals surface area contributed by atoms with E-state index in [0.717, 1.165) is 27.9 Å². The number of H-pyrrole nitrogens is 1. The molecule has 7 heteroatoms. The third kappa shape index (κ3) is 5.20. The maximum absolute atomic E-state index is 12.2. The second-order valence-corrected chi connectivity index (χ2v) is 7.34. The zero-order chi connectivity index (χ0) is 22.3. The molecule has 0 spiro atoms. The van der Waals surface area contributed by atoms with Crippen LogP contribution in [0.5, 0.6) is 0 Å². The van der Waals surface area contributed by atoms with Crippen molar-refractivity contribution < 1.29 is 9.59 Å². The van der Waals surface area contributed by atoms with Gasteiger partial charge in [0.1, 0.15) is 5.69 Å². The lowest BCUT2D eigenvalue weighted by molar-refractivity contribution is -0.117. The molecule has 0 aliphatic carbocycles. The lowest BCUT2D eigenvalue weighted by Crippen LogP contribution is -2.40. The summed E-state index contributed by atoms with van der Waals surface area (Å²) in [5, 5.41) is 4.75. The Hall–Kier alpha value is -4.39. The van der Waals surface area contributed by atoms with Gasteiger partial charge in [-0.2, -0.15) is 5.10 Å². The molecular formula is C25H23N5O2. The molecular weight excluding hydrogens is 402 g/mol. The van der Waals surface area contributed by atoms with Gasteiger partial charge in [0.05, 0.1) is 12.2 Å². The standard InChI is InChI=1S/C25H23N5O2/c1-18-9-11-20(12-10-18)24-21(17-30(29-24)16-19-6-3-2-4-7-19)13-14-23(31)27-28-25(32)22-8-5-15-26-22/h2-15,17,26H,16H2,1H3,(H,27,31)(H,28,32). The number of carbonyl (C=O) groups is 2. The Bertz CT molecular complexity index is 1220. The quantitative estimate of drug-likeness (QED) is 0.325. The predicted octanol–water partition coefficient (Wildman–Crippen LogP) is 3.71. The Morgan fingerprint density at radius 1 is 1.00 bits per heavy atom. The Balaban J connectivity index is 1.52. The van der Waals surface area contributed by atoms with E-state index in [2.05, 4.69) is 15.8 Å². The first-order valence-electron chi connectivity index (χ1n) is 10.2. The Labute approximate surface area is 185 Å². The highest BCUT2D eigenvalue weighted by Gasteiger charge is 2.11. The fraction of sp³-hybridized carbons (Fsp3) is 0.0800. The molecule has 2 aromatic heterocycles. The minimum Gasteiger partial charge on any atom is -0.357 e. The average molecular weight is 425 g/mol. The molecule has 2 heterocycles. The van der Waals surface area contributed by atoms with Crippen LogP contribution in [0.2, 0.25) is 0 Å². The maximum Gasteiger partial charge on any atom is 0.286 e. The number of amides is 2. The number of carbonyl (C=O) groups excluding carboxylic acids is 2. The van der Waals surface area contributed by atoms with E-state index < -0.39 is 11.8 Å². The molecule has 7 nitrogen and oxygen atoms in total. The second kappa shape index (κ2) is 9.61. The van der Waals surface area contributed by atoms with Gasteiger partial charge in [-0.25, -0.2) is 0 Å². The molecule has 0 radical (unpaired) electrons. The van der Waals surface area contributed by atoms with Gasteiger partial charge in [-0.15, -0.1) is 0 Å². The molecule has 0 fully saturated rings. The van der Waals surface area contributed by atoms with Gasteiger partial charge < -0.3 is 4.98 Å². The van der Waals surface area contributed by atoms with Gasteiger partial charge in [0.25, 0.3) is 11.8 Å². The van der Waals surface area contributed by atoms with Crippen molar-refractivity contribution in [2.75, 3.05) is 0 Å². The fourth-order valence-electron chi connectivity index (χ4n) is 3.21. The molecule has 2 amide bonds. The number of hydrogen-bond donors (Lipinski definition) is 3. The van der Waals surface area contributed by atoms with Gasteiger partial charge in [-0.3, -0.25) is 25.1 Å². The van der Waals surface area contributed by atoms with Gasteiger partial charge in [-0.1, -0.05) is 60.2 Å². The van der Waals surface area contributed by atoms with Crippen molar-refractivity contribution in [2.45, 2.75) is 13.5 Å². The second-order valence-electron chi connectivity index (χ2n) is 7.34. The number of nitrogens with zero attached hydrogens (tertiary/aromatic N) is 2. The van der Waals surface area contributed by atoms with Crippen molar-refractivity contribution in [3.8, 4) is 11.3 Å². The molecule has 0 aliphatic rings. The number of aryl methyl sites for hydroxylation is 1. The summed E-state index contributed by atoms with van der Waals surface area (Å²) < 4.78 is 1.86. The van der Waals surface area contributed by atoms with Gasteiger partial charge in [0.2, 0.25) is 0 Å². The number of aromatic nitrogens is 3. The predicted molar refractivity (Wildman–Crippen MR) is 123 cm³/mol. The zero-order valence-corrected chi connectivity index (χ0v) is 17.6. The first-order valence-corrected chi connectivity index (χ1v) is 10.2. The van der Waals surface area contributed by atoms with E-state index in [1.165, 1.54) is 6.08 Å². The summed E-state index contributed by atoms with van der Waals surface area (Å²) in [7, 11) is 0.